The molecule has 0 aliphatic carbocycles. The summed E-state index contributed by atoms with van der Waals surface area (Å²) in [4.78, 5) is 0. The molecule has 1 atom stereocenters. The topological polar surface area (TPSA) is 54.6 Å². The summed E-state index contributed by atoms with van der Waals surface area (Å²) in [7, 11) is 1.64. The number of rotatable bonds is 6. The number of ether oxygens (including phenoxy) is 1. The van der Waals surface area contributed by atoms with E-state index in [2.05, 4.69) is 21.2 Å². The van der Waals surface area contributed by atoms with Gasteiger partial charge in [0.2, 0.25) is 0 Å². The van der Waals surface area contributed by atoms with Crippen molar-refractivity contribution in [3.05, 3.63) is 52.4 Å². The first-order valence-electron chi connectivity index (χ1n) is 5.95. The van der Waals surface area contributed by atoms with Gasteiger partial charge in [0.05, 0.1) is 13.4 Å². The van der Waals surface area contributed by atoms with Crippen molar-refractivity contribution < 1.29 is 14.3 Å². The highest BCUT2D eigenvalue weighted by Gasteiger charge is 2.10. The summed E-state index contributed by atoms with van der Waals surface area (Å²) in [5, 5.41) is 13.1. The number of methoxy groups -OCH3 is 1. The van der Waals surface area contributed by atoms with Gasteiger partial charge in [-0.15, -0.1) is 0 Å². The molecule has 0 radical (unpaired) electrons. The van der Waals surface area contributed by atoms with Crippen molar-refractivity contribution in [3.8, 4) is 5.75 Å². The molecule has 1 unspecified atom stereocenters. The average molecular weight is 326 g/mol. The SMILES string of the molecule is COc1ccc(Br)c(CNCC(O)c2ccco2)c1. The number of aliphatic hydroxyl groups excluding tert-OH is 1. The summed E-state index contributed by atoms with van der Waals surface area (Å²) in [6.07, 6.45) is 0.913. The lowest BCUT2D eigenvalue weighted by molar-refractivity contribution is 0.147. The van der Waals surface area contributed by atoms with Crippen molar-refractivity contribution >= 4 is 15.9 Å². The second-order valence-corrected chi connectivity index (χ2v) is 4.97. The third-order valence-electron chi connectivity index (χ3n) is 2.78. The number of aliphatic hydroxyl groups is 1. The van der Waals surface area contributed by atoms with Crippen LogP contribution in [0.1, 0.15) is 17.4 Å². The van der Waals surface area contributed by atoms with Crippen LogP contribution in [-0.4, -0.2) is 18.8 Å². The molecular formula is C14H16BrNO3. The fourth-order valence-electron chi connectivity index (χ4n) is 1.74. The van der Waals surface area contributed by atoms with E-state index in [1.165, 1.54) is 0 Å². The number of hydrogen-bond acceptors (Lipinski definition) is 4. The Morgan fingerprint density at radius 3 is 2.95 bits per heavy atom. The second-order valence-electron chi connectivity index (χ2n) is 4.12. The number of furan rings is 1. The van der Waals surface area contributed by atoms with E-state index in [9.17, 15) is 5.11 Å². The van der Waals surface area contributed by atoms with E-state index in [0.717, 1.165) is 15.8 Å². The van der Waals surface area contributed by atoms with E-state index in [-0.39, 0.29) is 0 Å². The van der Waals surface area contributed by atoms with Gasteiger partial charge in [-0.3, -0.25) is 0 Å². The van der Waals surface area contributed by atoms with Gasteiger partial charge in [-0.2, -0.15) is 0 Å². The van der Waals surface area contributed by atoms with E-state index >= 15 is 0 Å². The fourth-order valence-corrected chi connectivity index (χ4v) is 2.13. The van der Waals surface area contributed by atoms with Crippen LogP contribution in [0.15, 0.2) is 45.5 Å². The Morgan fingerprint density at radius 1 is 1.42 bits per heavy atom. The highest BCUT2D eigenvalue weighted by Crippen LogP contribution is 2.22. The van der Waals surface area contributed by atoms with Crippen LogP contribution in [0, 0.1) is 0 Å². The molecule has 0 bridgehead atoms. The van der Waals surface area contributed by atoms with E-state index in [1.54, 1.807) is 25.5 Å². The second kappa shape index (κ2) is 6.75. The third kappa shape index (κ3) is 3.83. The minimum Gasteiger partial charge on any atom is -0.497 e. The Morgan fingerprint density at radius 2 is 2.26 bits per heavy atom. The summed E-state index contributed by atoms with van der Waals surface area (Å²) in [5.74, 6) is 1.38. The highest BCUT2D eigenvalue weighted by atomic mass is 79.9. The van der Waals surface area contributed by atoms with Crippen LogP contribution >= 0.6 is 15.9 Å². The van der Waals surface area contributed by atoms with Crippen molar-refractivity contribution in [2.75, 3.05) is 13.7 Å². The van der Waals surface area contributed by atoms with Gasteiger partial charge >= 0.3 is 0 Å². The van der Waals surface area contributed by atoms with Crippen molar-refractivity contribution in [2.24, 2.45) is 0 Å². The molecule has 2 aromatic rings. The minimum atomic E-state index is -0.639. The number of nitrogens with one attached hydrogen (secondary N) is 1. The van der Waals surface area contributed by atoms with Gasteiger partial charge in [0.15, 0.2) is 0 Å². The van der Waals surface area contributed by atoms with Gasteiger partial charge in [-0.25, -0.2) is 0 Å². The Bertz CT molecular complexity index is 513. The Balaban J connectivity index is 1.89. The van der Waals surface area contributed by atoms with Gasteiger partial charge in [0.1, 0.15) is 17.6 Å². The molecule has 0 spiro atoms. The predicted molar refractivity (Wildman–Crippen MR) is 76.1 cm³/mol. The van der Waals surface area contributed by atoms with Crippen molar-refractivity contribution in [1.29, 1.82) is 0 Å². The molecule has 0 aliphatic rings. The van der Waals surface area contributed by atoms with Crippen molar-refractivity contribution in [2.45, 2.75) is 12.6 Å². The summed E-state index contributed by atoms with van der Waals surface area (Å²) in [6.45, 7) is 1.06. The molecule has 0 fully saturated rings. The molecule has 0 amide bonds. The van der Waals surface area contributed by atoms with Gasteiger partial charge in [-0.05, 0) is 35.9 Å². The van der Waals surface area contributed by atoms with Crippen molar-refractivity contribution in [3.63, 3.8) is 0 Å². The summed E-state index contributed by atoms with van der Waals surface area (Å²) >= 11 is 3.49. The molecule has 1 aromatic heterocycles. The van der Waals surface area contributed by atoms with Crippen LogP contribution in [0.2, 0.25) is 0 Å². The van der Waals surface area contributed by atoms with E-state index in [4.69, 9.17) is 9.15 Å². The molecule has 19 heavy (non-hydrogen) atoms. The predicted octanol–water partition coefficient (Wildman–Crippen LogP) is 2.87. The normalized spacial score (nSPS) is 12.4. The van der Waals surface area contributed by atoms with Crippen LogP contribution in [0.5, 0.6) is 5.75 Å². The first-order chi connectivity index (χ1) is 9.20. The maximum atomic E-state index is 9.86. The van der Waals surface area contributed by atoms with E-state index in [0.29, 0.717) is 18.8 Å². The lowest BCUT2D eigenvalue weighted by Crippen LogP contribution is -2.21. The van der Waals surface area contributed by atoms with Gasteiger partial charge in [0.25, 0.3) is 0 Å². The molecule has 4 nitrogen and oxygen atoms in total. The summed E-state index contributed by atoms with van der Waals surface area (Å²) < 4.78 is 11.3. The number of benzene rings is 1. The quantitative estimate of drug-likeness (QED) is 0.857. The average Bonchev–Trinajstić information content (AvgIpc) is 2.95. The van der Waals surface area contributed by atoms with Gasteiger partial charge < -0.3 is 19.6 Å². The third-order valence-corrected chi connectivity index (χ3v) is 3.55. The van der Waals surface area contributed by atoms with Gasteiger partial charge in [0, 0.05) is 17.6 Å². The monoisotopic (exact) mass is 325 g/mol. The zero-order valence-corrected chi connectivity index (χ0v) is 12.2. The van der Waals surface area contributed by atoms with Crippen LogP contribution in [0.25, 0.3) is 0 Å². The molecule has 1 aromatic carbocycles. The smallest absolute Gasteiger partial charge is 0.133 e. The largest absolute Gasteiger partial charge is 0.497 e. The molecule has 5 heteroatoms. The Kier molecular flexibility index (Phi) is 5.01. The lowest BCUT2D eigenvalue weighted by atomic mass is 10.2. The van der Waals surface area contributed by atoms with Crippen LogP contribution in [-0.2, 0) is 6.54 Å². The van der Waals surface area contributed by atoms with Crippen molar-refractivity contribution in [1.82, 2.24) is 5.32 Å². The van der Waals surface area contributed by atoms with Crippen LogP contribution < -0.4 is 10.1 Å². The Hall–Kier alpha value is -1.30. The molecular weight excluding hydrogens is 310 g/mol. The molecule has 2 rings (SSSR count). The molecule has 102 valence electrons. The zero-order chi connectivity index (χ0) is 13.7. The first-order valence-corrected chi connectivity index (χ1v) is 6.74. The molecule has 2 N–H and O–H groups in total. The van der Waals surface area contributed by atoms with Crippen LogP contribution in [0.4, 0.5) is 0 Å². The fraction of sp³-hybridized carbons (Fsp3) is 0.286. The molecule has 0 saturated heterocycles. The number of hydrogen-bond donors (Lipinski definition) is 2. The maximum absolute atomic E-state index is 9.86. The molecule has 0 aliphatic heterocycles. The number of halogens is 1. The lowest BCUT2D eigenvalue weighted by Gasteiger charge is -2.11. The highest BCUT2D eigenvalue weighted by molar-refractivity contribution is 9.10. The van der Waals surface area contributed by atoms with Gasteiger partial charge in [-0.1, -0.05) is 15.9 Å². The standard InChI is InChI=1S/C14H16BrNO3/c1-18-11-4-5-12(15)10(7-11)8-16-9-13(17)14-3-2-6-19-14/h2-7,13,16-17H,8-9H2,1H3. The summed E-state index contributed by atoms with van der Waals surface area (Å²) in [5.41, 5.74) is 1.07. The Labute approximate surface area is 120 Å². The molecule has 1 heterocycles. The van der Waals surface area contributed by atoms with E-state index in [1.807, 2.05) is 18.2 Å². The van der Waals surface area contributed by atoms with Crippen LogP contribution in [0.3, 0.4) is 0 Å². The van der Waals surface area contributed by atoms with E-state index < -0.39 is 6.10 Å². The summed E-state index contributed by atoms with van der Waals surface area (Å²) in [6, 6.07) is 9.31. The molecule has 0 saturated carbocycles. The maximum Gasteiger partial charge on any atom is 0.133 e. The minimum absolute atomic E-state index is 0.428. The zero-order valence-electron chi connectivity index (χ0n) is 10.6. The first kappa shape index (κ1) is 14.1.